The summed E-state index contributed by atoms with van der Waals surface area (Å²) in [6, 6.07) is 5.81. The minimum Gasteiger partial charge on any atom is -0.305 e. The van der Waals surface area contributed by atoms with E-state index in [4.69, 9.17) is 11.6 Å². The summed E-state index contributed by atoms with van der Waals surface area (Å²) in [6.07, 6.45) is 2.57. The highest BCUT2D eigenvalue weighted by Crippen LogP contribution is 2.28. The first kappa shape index (κ1) is 11.2. The lowest BCUT2D eigenvalue weighted by Gasteiger charge is -2.28. The molecule has 1 saturated heterocycles. The van der Waals surface area contributed by atoms with Crippen LogP contribution in [0.15, 0.2) is 23.2 Å². The molecule has 2 nitrogen and oxygen atoms in total. The summed E-state index contributed by atoms with van der Waals surface area (Å²) >= 11 is 7.70. The highest BCUT2D eigenvalue weighted by Gasteiger charge is 2.18. The third-order valence-corrected chi connectivity index (χ3v) is 3.96. The quantitative estimate of drug-likeness (QED) is 0.742. The first-order valence-electron chi connectivity index (χ1n) is 5.22. The molecule has 0 amide bonds. The molecular formula is C11H15ClN2S. The Morgan fingerprint density at radius 3 is 3.13 bits per heavy atom. The van der Waals surface area contributed by atoms with Crippen LogP contribution in [0.25, 0.3) is 0 Å². The second-order valence-corrected chi connectivity index (χ2v) is 5.65. The molecule has 15 heavy (non-hydrogen) atoms. The Bertz CT molecular complexity index is 332. The van der Waals surface area contributed by atoms with Crippen molar-refractivity contribution in [1.29, 1.82) is 0 Å². The lowest BCUT2D eigenvalue weighted by molar-refractivity contribution is 0.283. The number of hydrogen-bond acceptors (Lipinski definition) is 3. The Hall–Kier alpha value is -0.250. The van der Waals surface area contributed by atoms with E-state index in [1.165, 1.54) is 19.4 Å². The second-order valence-electron chi connectivity index (χ2n) is 3.94. The number of rotatable bonds is 2. The maximum atomic E-state index is 5.86. The summed E-state index contributed by atoms with van der Waals surface area (Å²) in [5.41, 5.74) is 0. The number of piperidine rings is 1. The molecule has 4 heteroatoms. The minimum atomic E-state index is 0.587. The molecule has 0 unspecified atom stereocenters. The minimum absolute atomic E-state index is 0.587. The van der Waals surface area contributed by atoms with Crippen molar-refractivity contribution in [2.24, 2.45) is 0 Å². The zero-order valence-electron chi connectivity index (χ0n) is 8.82. The molecule has 0 saturated carbocycles. The van der Waals surface area contributed by atoms with Gasteiger partial charge in [-0.05, 0) is 38.6 Å². The van der Waals surface area contributed by atoms with Crippen molar-refractivity contribution in [1.82, 2.24) is 9.88 Å². The second kappa shape index (κ2) is 5.19. The molecule has 1 aromatic rings. The van der Waals surface area contributed by atoms with Crippen LogP contribution < -0.4 is 0 Å². The van der Waals surface area contributed by atoms with Crippen LogP contribution in [0.1, 0.15) is 12.8 Å². The molecule has 0 aromatic carbocycles. The number of likely N-dealkylation sites (tertiary alicyclic amines) is 1. The van der Waals surface area contributed by atoms with Crippen LogP contribution in [0.4, 0.5) is 0 Å². The fraction of sp³-hybridized carbons (Fsp3) is 0.545. The molecule has 0 bridgehead atoms. The van der Waals surface area contributed by atoms with Crippen LogP contribution in [-0.2, 0) is 0 Å². The number of halogens is 1. The van der Waals surface area contributed by atoms with Crippen molar-refractivity contribution in [3.8, 4) is 0 Å². The Morgan fingerprint density at radius 2 is 2.40 bits per heavy atom. The van der Waals surface area contributed by atoms with Crippen molar-refractivity contribution in [3.63, 3.8) is 0 Å². The lowest BCUT2D eigenvalue weighted by atomic mass is 10.1. The highest BCUT2D eigenvalue weighted by atomic mass is 35.5. The zero-order chi connectivity index (χ0) is 10.7. The Balaban J connectivity index is 1.96. The van der Waals surface area contributed by atoms with Gasteiger partial charge >= 0.3 is 0 Å². The summed E-state index contributed by atoms with van der Waals surface area (Å²) in [5, 5.41) is 2.29. The largest absolute Gasteiger partial charge is 0.305 e. The highest BCUT2D eigenvalue weighted by molar-refractivity contribution is 7.99. The van der Waals surface area contributed by atoms with Crippen molar-refractivity contribution >= 4 is 23.4 Å². The first-order valence-corrected chi connectivity index (χ1v) is 6.47. The monoisotopic (exact) mass is 242 g/mol. The number of thioether (sulfide) groups is 1. The maximum Gasteiger partial charge on any atom is 0.130 e. The molecular weight excluding hydrogens is 228 g/mol. The van der Waals surface area contributed by atoms with Gasteiger partial charge in [0.2, 0.25) is 0 Å². The van der Waals surface area contributed by atoms with Gasteiger partial charge in [-0.3, -0.25) is 0 Å². The van der Waals surface area contributed by atoms with Crippen molar-refractivity contribution < 1.29 is 0 Å². The molecule has 1 atom stereocenters. The van der Waals surface area contributed by atoms with E-state index in [1.807, 2.05) is 30.0 Å². The topological polar surface area (TPSA) is 16.1 Å². The molecule has 0 spiro atoms. The van der Waals surface area contributed by atoms with Gasteiger partial charge in [-0.25, -0.2) is 4.98 Å². The lowest BCUT2D eigenvalue weighted by Crippen LogP contribution is -2.33. The van der Waals surface area contributed by atoms with E-state index < -0.39 is 0 Å². The van der Waals surface area contributed by atoms with Gasteiger partial charge in [0.25, 0.3) is 0 Å². The predicted molar refractivity (Wildman–Crippen MR) is 65.6 cm³/mol. The Morgan fingerprint density at radius 1 is 1.53 bits per heavy atom. The summed E-state index contributed by atoms with van der Waals surface area (Å²) in [6.45, 7) is 2.37. The number of nitrogens with zero attached hydrogens (tertiary/aromatic N) is 2. The van der Waals surface area contributed by atoms with E-state index in [0.29, 0.717) is 10.4 Å². The molecule has 1 fully saturated rings. The van der Waals surface area contributed by atoms with Gasteiger partial charge < -0.3 is 4.90 Å². The average Bonchev–Trinajstić information content (AvgIpc) is 2.17. The van der Waals surface area contributed by atoms with Crippen molar-refractivity contribution in [3.05, 3.63) is 23.4 Å². The molecule has 0 aliphatic carbocycles. The number of pyridine rings is 1. The first-order chi connectivity index (χ1) is 7.24. The van der Waals surface area contributed by atoms with Gasteiger partial charge in [0, 0.05) is 11.8 Å². The fourth-order valence-electron chi connectivity index (χ4n) is 1.84. The van der Waals surface area contributed by atoms with Gasteiger partial charge in [-0.2, -0.15) is 0 Å². The number of aromatic nitrogens is 1. The molecule has 2 heterocycles. The third kappa shape index (κ3) is 3.37. The SMILES string of the molecule is CN1CCC[C@H](Sc2cccc(Cl)n2)C1. The summed E-state index contributed by atoms with van der Waals surface area (Å²) < 4.78 is 0. The van der Waals surface area contributed by atoms with E-state index in [1.54, 1.807) is 0 Å². The molecule has 1 aliphatic rings. The van der Waals surface area contributed by atoms with E-state index in [2.05, 4.69) is 16.9 Å². The summed E-state index contributed by atoms with van der Waals surface area (Å²) in [5.74, 6) is 0. The molecule has 0 radical (unpaired) electrons. The number of hydrogen-bond donors (Lipinski definition) is 0. The predicted octanol–water partition coefficient (Wildman–Crippen LogP) is 2.92. The van der Waals surface area contributed by atoms with E-state index in [-0.39, 0.29) is 0 Å². The fourth-order valence-corrected chi connectivity index (χ4v) is 3.32. The van der Waals surface area contributed by atoms with Crippen LogP contribution in [0.3, 0.4) is 0 Å². The molecule has 0 N–H and O–H groups in total. The van der Waals surface area contributed by atoms with Crippen LogP contribution in [0.2, 0.25) is 5.15 Å². The van der Waals surface area contributed by atoms with E-state index in [9.17, 15) is 0 Å². The zero-order valence-corrected chi connectivity index (χ0v) is 10.4. The normalized spacial score (nSPS) is 22.9. The Labute approximate surface area is 100 Å². The average molecular weight is 243 g/mol. The van der Waals surface area contributed by atoms with E-state index >= 15 is 0 Å². The van der Waals surface area contributed by atoms with Crippen LogP contribution in [-0.4, -0.2) is 35.3 Å². The van der Waals surface area contributed by atoms with Crippen LogP contribution in [0, 0.1) is 0 Å². The van der Waals surface area contributed by atoms with Gasteiger partial charge in [0.15, 0.2) is 0 Å². The molecule has 2 rings (SSSR count). The standard InChI is InChI=1S/C11H15ClN2S/c1-14-7-3-4-9(8-14)15-11-6-2-5-10(12)13-11/h2,5-6,9H,3-4,7-8H2,1H3/t9-/m0/s1. The van der Waals surface area contributed by atoms with Gasteiger partial charge in [0.1, 0.15) is 5.15 Å². The van der Waals surface area contributed by atoms with Gasteiger partial charge in [0.05, 0.1) is 5.03 Å². The van der Waals surface area contributed by atoms with Crippen molar-refractivity contribution in [2.75, 3.05) is 20.1 Å². The van der Waals surface area contributed by atoms with Crippen LogP contribution in [0.5, 0.6) is 0 Å². The van der Waals surface area contributed by atoms with Gasteiger partial charge in [-0.1, -0.05) is 17.7 Å². The smallest absolute Gasteiger partial charge is 0.130 e. The van der Waals surface area contributed by atoms with E-state index in [0.717, 1.165) is 11.6 Å². The third-order valence-electron chi connectivity index (χ3n) is 2.56. The van der Waals surface area contributed by atoms with Crippen LogP contribution >= 0.6 is 23.4 Å². The summed E-state index contributed by atoms with van der Waals surface area (Å²) in [7, 11) is 2.18. The Kier molecular flexibility index (Phi) is 3.89. The van der Waals surface area contributed by atoms with Gasteiger partial charge in [-0.15, -0.1) is 11.8 Å². The molecule has 82 valence electrons. The van der Waals surface area contributed by atoms with Crippen molar-refractivity contribution in [2.45, 2.75) is 23.1 Å². The summed E-state index contributed by atoms with van der Waals surface area (Å²) in [4.78, 5) is 6.68. The maximum absolute atomic E-state index is 5.86. The molecule has 1 aliphatic heterocycles. The molecule has 1 aromatic heterocycles.